The number of carboxylic acid groups (broad SMARTS) is 1. The van der Waals surface area contributed by atoms with Crippen LogP contribution in [0.3, 0.4) is 0 Å². The fourth-order valence-electron chi connectivity index (χ4n) is 2.12. The van der Waals surface area contributed by atoms with Crippen LogP contribution in [0.25, 0.3) is 0 Å². The molecule has 2 rings (SSSR count). The van der Waals surface area contributed by atoms with E-state index in [4.69, 9.17) is 9.63 Å². The maximum atomic E-state index is 10.7. The van der Waals surface area contributed by atoms with Gasteiger partial charge >= 0.3 is 5.97 Å². The number of carbonyl (C=O) groups is 1. The number of aryl methyl sites for hydroxylation is 1. The predicted octanol–water partition coefficient (Wildman–Crippen LogP) is 0.817. The van der Waals surface area contributed by atoms with Gasteiger partial charge in [-0.25, -0.2) is 0 Å². The van der Waals surface area contributed by atoms with Crippen LogP contribution in [0.15, 0.2) is 4.52 Å². The number of aliphatic carboxylic acids is 1. The Morgan fingerprint density at radius 3 is 3.12 bits per heavy atom. The van der Waals surface area contributed by atoms with E-state index in [-0.39, 0.29) is 12.5 Å². The lowest BCUT2D eigenvalue weighted by Crippen LogP contribution is -2.31. The van der Waals surface area contributed by atoms with Crippen molar-refractivity contribution in [2.45, 2.75) is 38.8 Å². The summed E-state index contributed by atoms with van der Waals surface area (Å²) in [7, 11) is 0. The predicted molar refractivity (Wildman–Crippen MR) is 54.7 cm³/mol. The van der Waals surface area contributed by atoms with Gasteiger partial charge in [0.25, 0.3) is 0 Å². The Morgan fingerprint density at radius 2 is 2.50 bits per heavy atom. The van der Waals surface area contributed by atoms with Gasteiger partial charge < -0.3 is 9.63 Å². The zero-order chi connectivity index (χ0) is 11.5. The molecule has 6 nitrogen and oxygen atoms in total. The lowest BCUT2D eigenvalue weighted by atomic mass is 10.1. The van der Waals surface area contributed by atoms with Crippen molar-refractivity contribution in [3.63, 3.8) is 0 Å². The molecule has 88 valence electrons. The lowest BCUT2D eigenvalue weighted by molar-refractivity contribution is -0.138. The van der Waals surface area contributed by atoms with E-state index in [1.807, 2.05) is 0 Å². The Morgan fingerprint density at radius 1 is 1.69 bits per heavy atom. The Kier molecular flexibility index (Phi) is 3.19. The molecule has 1 unspecified atom stereocenters. The summed E-state index contributed by atoms with van der Waals surface area (Å²) in [6, 6.07) is 0.108. The Labute approximate surface area is 93.2 Å². The molecule has 1 fully saturated rings. The highest BCUT2D eigenvalue weighted by atomic mass is 16.5. The first-order chi connectivity index (χ1) is 7.65. The minimum absolute atomic E-state index is 0.108. The molecular formula is C10H15N3O3. The summed E-state index contributed by atoms with van der Waals surface area (Å²) < 4.78 is 4.89. The number of likely N-dealkylation sites (tertiary alicyclic amines) is 1. The summed E-state index contributed by atoms with van der Waals surface area (Å²) in [6.45, 7) is 3.23. The molecule has 6 heteroatoms. The molecule has 1 aromatic heterocycles. The molecule has 0 saturated carbocycles. The van der Waals surface area contributed by atoms with Crippen LogP contribution in [0.4, 0.5) is 0 Å². The minimum Gasteiger partial charge on any atom is -0.481 e. The summed E-state index contributed by atoms with van der Waals surface area (Å²) in [5.41, 5.74) is 0. The highest BCUT2D eigenvalue weighted by Crippen LogP contribution is 2.21. The fraction of sp³-hybridized carbons (Fsp3) is 0.700. The van der Waals surface area contributed by atoms with Crippen LogP contribution in [0, 0.1) is 6.92 Å². The largest absolute Gasteiger partial charge is 0.481 e. The first-order valence-corrected chi connectivity index (χ1v) is 5.40. The minimum atomic E-state index is -0.749. The van der Waals surface area contributed by atoms with Crippen LogP contribution in [-0.2, 0) is 11.3 Å². The molecule has 1 atom stereocenters. The third-order valence-corrected chi connectivity index (χ3v) is 2.82. The van der Waals surface area contributed by atoms with Gasteiger partial charge in [-0.15, -0.1) is 0 Å². The Bertz CT molecular complexity index is 377. The highest BCUT2D eigenvalue weighted by Gasteiger charge is 2.27. The van der Waals surface area contributed by atoms with Gasteiger partial charge in [-0.1, -0.05) is 5.16 Å². The molecule has 0 bridgehead atoms. The van der Waals surface area contributed by atoms with Crippen molar-refractivity contribution in [2.75, 3.05) is 6.54 Å². The zero-order valence-electron chi connectivity index (χ0n) is 9.22. The highest BCUT2D eigenvalue weighted by molar-refractivity contribution is 5.67. The molecule has 1 aromatic rings. The summed E-state index contributed by atoms with van der Waals surface area (Å²) >= 11 is 0. The molecule has 0 aliphatic carbocycles. The number of rotatable bonds is 4. The molecule has 16 heavy (non-hydrogen) atoms. The summed E-state index contributed by atoms with van der Waals surface area (Å²) in [5.74, 6) is 0.431. The Balaban J connectivity index is 1.95. The van der Waals surface area contributed by atoms with E-state index in [9.17, 15) is 4.79 Å². The van der Waals surface area contributed by atoms with Gasteiger partial charge in [-0.2, -0.15) is 4.98 Å². The zero-order valence-corrected chi connectivity index (χ0v) is 9.22. The third kappa shape index (κ3) is 2.57. The van der Waals surface area contributed by atoms with Crippen molar-refractivity contribution in [3.05, 3.63) is 11.7 Å². The number of carboxylic acids is 1. The average molecular weight is 225 g/mol. The maximum Gasteiger partial charge on any atom is 0.304 e. The maximum absolute atomic E-state index is 10.7. The second-order valence-corrected chi connectivity index (χ2v) is 4.09. The molecular weight excluding hydrogens is 210 g/mol. The van der Waals surface area contributed by atoms with Crippen molar-refractivity contribution in [1.82, 2.24) is 15.0 Å². The van der Waals surface area contributed by atoms with Crippen molar-refractivity contribution >= 4 is 5.97 Å². The van der Waals surface area contributed by atoms with Crippen molar-refractivity contribution in [2.24, 2.45) is 0 Å². The summed E-state index contributed by atoms with van der Waals surface area (Å²) in [5, 5.41) is 12.6. The molecule has 2 heterocycles. The van der Waals surface area contributed by atoms with Crippen molar-refractivity contribution < 1.29 is 14.4 Å². The first-order valence-electron chi connectivity index (χ1n) is 5.40. The van der Waals surface area contributed by atoms with E-state index >= 15 is 0 Å². The number of nitrogens with zero attached hydrogens (tertiary/aromatic N) is 3. The van der Waals surface area contributed by atoms with Crippen molar-refractivity contribution in [3.8, 4) is 0 Å². The monoisotopic (exact) mass is 225 g/mol. The van der Waals surface area contributed by atoms with E-state index in [1.165, 1.54) is 0 Å². The van der Waals surface area contributed by atoms with Crippen LogP contribution in [0.5, 0.6) is 0 Å². The van der Waals surface area contributed by atoms with Gasteiger partial charge in [-0.3, -0.25) is 9.69 Å². The van der Waals surface area contributed by atoms with Crippen LogP contribution in [-0.4, -0.2) is 38.7 Å². The average Bonchev–Trinajstić information content (AvgIpc) is 2.77. The van der Waals surface area contributed by atoms with Crippen LogP contribution in [0.2, 0.25) is 0 Å². The molecule has 1 aliphatic heterocycles. The molecule has 1 saturated heterocycles. The smallest absolute Gasteiger partial charge is 0.304 e. The molecule has 0 amide bonds. The van der Waals surface area contributed by atoms with Gasteiger partial charge in [0.05, 0.1) is 13.0 Å². The number of aromatic nitrogens is 2. The van der Waals surface area contributed by atoms with E-state index in [0.29, 0.717) is 18.3 Å². The van der Waals surface area contributed by atoms with Crippen LogP contribution >= 0.6 is 0 Å². The van der Waals surface area contributed by atoms with Gasteiger partial charge in [0.1, 0.15) is 0 Å². The lowest BCUT2D eigenvalue weighted by Gasteiger charge is -2.20. The summed E-state index contributed by atoms with van der Waals surface area (Å²) in [6.07, 6.45) is 2.16. The molecule has 1 N–H and O–H groups in total. The molecule has 0 radical (unpaired) electrons. The van der Waals surface area contributed by atoms with Crippen molar-refractivity contribution in [1.29, 1.82) is 0 Å². The molecule has 0 aromatic carbocycles. The van der Waals surface area contributed by atoms with Crippen LogP contribution in [0.1, 0.15) is 31.0 Å². The Hall–Kier alpha value is -1.43. The van der Waals surface area contributed by atoms with Gasteiger partial charge in [-0.05, 0) is 19.4 Å². The second kappa shape index (κ2) is 4.61. The summed E-state index contributed by atoms with van der Waals surface area (Å²) in [4.78, 5) is 16.9. The van der Waals surface area contributed by atoms with E-state index in [0.717, 1.165) is 19.4 Å². The van der Waals surface area contributed by atoms with E-state index in [1.54, 1.807) is 6.92 Å². The first kappa shape index (κ1) is 11.1. The quantitative estimate of drug-likeness (QED) is 0.817. The SMILES string of the molecule is Cc1nc(CN2CCCC2CC(=O)O)no1. The van der Waals surface area contributed by atoms with Gasteiger partial charge in [0, 0.05) is 13.0 Å². The third-order valence-electron chi connectivity index (χ3n) is 2.82. The normalized spacial score (nSPS) is 21.4. The van der Waals surface area contributed by atoms with E-state index in [2.05, 4.69) is 15.0 Å². The molecule has 1 aliphatic rings. The number of hydrogen-bond acceptors (Lipinski definition) is 5. The molecule has 0 spiro atoms. The van der Waals surface area contributed by atoms with Gasteiger partial charge in [0.2, 0.25) is 5.89 Å². The standard InChI is InChI=1S/C10H15N3O3/c1-7-11-9(12-16-7)6-13-4-2-3-8(13)5-10(14)15/h8H,2-6H2,1H3,(H,14,15). The van der Waals surface area contributed by atoms with E-state index < -0.39 is 5.97 Å². The van der Waals surface area contributed by atoms with Gasteiger partial charge in [0.15, 0.2) is 5.82 Å². The fourth-order valence-corrected chi connectivity index (χ4v) is 2.12. The topological polar surface area (TPSA) is 79.5 Å². The van der Waals surface area contributed by atoms with Crippen LogP contribution < -0.4 is 0 Å². The number of hydrogen-bond donors (Lipinski definition) is 1. The second-order valence-electron chi connectivity index (χ2n) is 4.09.